The Balaban J connectivity index is 1.90. The first kappa shape index (κ1) is 16.7. The smallest absolute Gasteiger partial charge is 0.212 e. The van der Waals surface area contributed by atoms with Crippen LogP contribution in [0.4, 0.5) is 4.39 Å². The van der Waals surface area contributed by atoms with Gasteiger partial charge in [0.15, 0.2) is 0 Å². The standard InChI is InChI=1S/C19H18FNO2S/c1-2-13-21(19-12-9-16-5-3-4-6-18(16)19)24(22,23)14-15-7-10-17(20)11-8-15/h1,3-8,10-11,19H,9,12-14H2/t19-/m1/s1. The summed E-state index contributed by atoms with van der Waals surface area (Å²) < 4.78 is 40.2. The minimum absolute atomic E-state index is 0.0303. The summed E-state index contributed by atoms with van der Waals surface area (Å²) in [6.45, 7) is 0.0303. The topological polar surface area (TPSA) is 37.4 Å². The van der Waals surface area contributed by atoms with Crippen molar-refractivity contribution in [2.45, 2.75) is 24.6 Å². The molecule has 3 nitrogen and oxygen atoms in total. The minimum Gasteiger partial charge on any atom is -0.212 e. The van der Waals surface area contributed by atoms with Crippen molar-refractivity contribution in [2.24, 2.45) is 0 Å². The van der Waals surface area contributed by atoms with E-state index >= 15 is 0 Å². The SMILES string of the molecule is C#CCN([C@@H]1CCc2ccccc21)S(=O)(=O)Cc1ccc(F)cc1. The van der Waals surface area contributed by atoms with Crippen molar-refractivity contribution in [1.29, 1.82) is 0 Å². The van der Waals surface area contributed by atoms with E-state index in [0.29, 0.717) is 5.56 Å². The van der Waals surface area contributed by atoms with Crippen molar-refractivity contribution >= 4 is 10.0 Å². The zero-order chi connectivity index (χ0) is 17.2. The number of sulfonamides is 1. The molecule has 2 aromatic carbocycles. The van der Waals surface area contributed by atoms with Gasteiger partial charge in [-0.1, -0.05) is 42.3 Å². The van der Waals surface area contributed by atoms with Crippen LogP contribution in [-0.2, 0) is 22.2 Å². The molecule has 0 N–H and O–H groups in total. The van der Waals surface area contributed by atoms with Gasteiger partial charge in [-0.05, 0) is 41.7 Å². The maximum absolute atomic E-state index is 13.0. The van der Waals surface area contributed by atoms with Gasteiger partial charge in [0.05, 0.1) is 18.3 Å². The summed E-state index contributed by atoms with van der Waals surface area (Å²) in [6, 6.07) is 13.1. The second kappa shape index (κ2) is 6.76. The van der Waals surface area contributed by atoms with Crippen LogP contribution in [0.2, 0.25) is 0 Å². The average Bonchev–Trinajstić information content (AvgIpc) is 2.98. The number of aryl methyl sites for hydroxylation is 1. The molecule has 0 aromatic heterocycles. The molecule has 0 aliphatic heterocycles. The van der Waals surface area contributed by atoms with Gasteiger partial charge >= 0.3 is 0 Å². The molecule has 1 aliphatic rings. The Bertz CT molecular complexity index is 869. The third-order valence-electron chi connectivity index (χ3n) is 4.32. The van der Waals surface area contributed by atoms with Crippen molar-refractivity contribution in [3.05, 3.63) is 71.0 Å². The lowest BCUT2D eigenvalue weighted by Gasteiger charge is -2.27. The molecule has 124 valence electrons. The first-order valence-corrected chi connectivity index (χ1v) is 9.37. The van der Waals surface area contributed by atoms with Crippen molar-refractivity contribution in [3.63, 3.8) is 0 Å². The maximum atomic E-state index is 13.0. The van der Waals surface area contributed by atoms with Crippen LogP contribution in [0.15, 0.2) is 48.5 Å². The monoisotopic (exact) mass is 343 g/mol. The summed E-state index contributed by atoms with van der Waals surface area (Å²) in [5.41, 5.74) is 2.74. The maximum Gasteiger partial charge on any atom is 0.219 e. The first-order chi connectivity index (χ1) is 11.5. The fourth-order valence-corrected chi connectivity index (χ4v) is 4.86. The first-order valence-electron chi connectivity index (χ1n) is 7.76. The van der Waals surface area contributed by atoms with Crippen LogP contribution in [0.25, 0.3) is 0 Å². The highest BCUT2D eigenvalue weighted by molar-refractivity contribution is 7.88. The van der Waals surface area contributed by atoms with Crippen LogP contribution in [0.3, 0.4) is 0 Å². The Morgan fingerprint density at radius 3 is 2.58 bits per heavy atom. The Hall–Kier alpha value is -2.16. The largest absolute Gasteiger partial charge is 0.219 e. The highest BCUT2D eigenvalue weighted by atomic mass is 32.2. The summed E-state index contributed by atoms with van der Waals surface area (Å²) >= 11 is 0. The molecule has 3 rings (SSSR count). The molecule has 0 bridgehead atoms. The Morgan fingerprint density at radius 1 is 1.17 bits per heavy atom. The van der Waals surface area contributed by atoms with Crippen LogP contribution in [-0.4, -0.2) is 19.3 Å². The van der Waals surface area contributed by atoms with Crippen LogP contribution in [0.1, 0.15) is 29.2 Å². The van der Waals surface area contributed by atoms with E-state index in [1.54, 1.807) is 0 Å². The van der Waals surface area contributed by atoms with E-state index in [4.69, 9.17) is 6.42 Å². The normalized spacial score (nSPS) is 16.8. The summed E-state index contributed by atoms with van der Waals surface area (Å²) in [5.74, 6) is 1.89. The lowest BCUT2D eigenvalue weighted by Crippen LogP contribution is -2.35. The molecular formula is C19H18FNO2S. The predicted molar refractivity (Wildman–Crippen MR) is 92.1 cm³/mol. The van der Waals surface area contributed by atoms with Gasteiger partial charge in [-0.15, -0.1) is 6.42 Å². The molecule has 0 spiro atoms. The van der Waals surface area contributed by atoms with Gasteiger partial charge in [0.25, 0.3) is 0 Å². The van der Waals surface area contributed by atoms with E-state index in [-0.39, 0.29) is 24.2 Å². The fraction of sp³-hybridized carbons (Fsp3) is 0.263. The lowest BCUT2D eigenvalue weighted by atomic mass is 10.1. The minimum atomic E-state index is -3.61. The number of fused-ring (bicyclic) bond motifs is 1. The zero-order valence-corrected chi connectivity index (χ0v) is 14.0. The van der Waals surface area contributed by atoms with Crippen LogP contribution in [0, 0.1) is 18.2 Å². The van der Waals surface area contributed by atoms with Crippen LogP contribution in [0.5, 0.6) is 0 Å². The number of benzene rings is 2. The van der Waals surface area contributed by atoms with Crippen molar-refractivity contribution < 1.29 is 12.8 Å². The van der Waals surface area contributed by atoms with Crippen LogP contribution < -0.4 is 0 Å². The van der Waals surface area contributed by atoms with Gasteiger partial charge in [-0.25, -0.2) is 12.8 Å². The quantitative estimate of drug-likeness (QED) is 0.782. The third kappa shape index (κ3) is 3.35. The molecule has 5 heteroatoms. The Morgan fingerprint density at radius 2 is 1.88 bits per heavy atom. The lowest BCUT2D eigenvalue weighted by molar-refractivity contribution is 0.351. The van der Waals surface area contributed by atoms with Gasteiger partial charge in [0.1, 0.15) is 5.82 Å². The van der Waals surface area contributed by atoms with Gasteiger partial charge in [-0.2, -0.15) is 4.31 Å². The Labute approximate surface area is 142 Å². The van der Waals surface area contributed by atoms with Crippen molar-refractivity contribution in [2.75, 3.05) is 6.54 Å². The molecule has 24 heavy (non-hydrogen) atoms. The number of rotatable bonds is 5. The third-order valence-corrected chi connectivity index (χ3v) is 6.11. The number of nitrogens with zero attached hydrogens (tertiary/aromatic N) is 1. The van der Waals surface area contributed by atoms with E-state index in [0.717, 1.165) is 18.4 Å². The molecule has 0 radical (unpaired) electrons. The summed E-state index contributed by atoms with van der Waals surface area (Å²) in [5, 5.41) is 0. The number of halogens is 1. The average molecular weight is 343 g/mol. The molecular weight excluding hydrogens is 325 g/mol. The van der Waals surface area contributed by atoms with E-state index in [9.17, 15) is 12.8 Å². The zero-order valence-electron chi connectivity index (χ0n) is 13.2. The summed E-state index contributed by atoms with van der Waals surface area (Å²) in [4.78, 5) is 0. The molecule has 0 saturated carbocycles. The molecule has 1 atom stereocenters. The Kier molecular flexibility index (Phi) is 4.70. The molecule has 1 aliphatic carbocycles. The van der Waals surface area contributed by atoms with E-state index in [1.165, 1.54) is 34.1 Å². The molecule has 0 heterocycles. The fourth-order valence-electron chi connectivity index (χ4n) is 3.20. The van der Waals surface area contributed by atoms with Gasteiger partial charge in [0.2, 0.25) is 10.0 Å². The van der Waals surface area contributed by atoms with E-state index in [2.05, 4.69) is 5.92 Å². The molecule has 0 amide bonds. The second-order valence-corrected chi connectivity index (χ2v) is 7.81. The summed E-state index contributed by atoms with van der Waals surface area (Å²) in [6.07, 6.45) is 6.99. The number of hydrogen-bond acceptors (Lipinski definition) is 2. The second-order valence-electron chi connectivity index (χ2n) is 5.89. The van der Waals surface area contributed by atoms with Gasteiger partial charge in [0, 0.05) is 0 Å². The molecule has 0 unspecified atom stereocenters. The van der Waals surface area contributed by atoms with E-state index < -0.39 is 10.0 Å². The van der Waals surface area contributed by atoms with Crippen molar-refractivity contribution in [1.82, 2.24) is 4.31 Å². The molecule has 0 saturated heterocycles. The number of terminal acetylenes is 1. The van der Waals surface area contributed by atoms with Crippen LogP contribution >= 0.6 is 0 Å². The highest BCUT2D eigenvalue weighted by Gasteiger charge is 2.34. The molecule has 2 aromatic rings. The van der Waals surface area contributed by atoms with E-state index in [1.807, 2.05) is 24.3 Å². The van der Waals surface area contributed by atoms with Gasteiger partial charge < -0.3 is 0 Å². The number of hydrogen-bond donors (Lipinski definition) is 0. The molecule has 0 fully saturated rings. The predicted octanol–water partition coefficient (Wildman–Crippen LogP) is 3.28. The summed E-state index contributed by atoms with van der Waals surface area (Å²) in [7, 11) is -3.61. The highest BCUT2D eigenvalue weighted by Crippen LogP contribution is 2.37. The van der Waals surface area contributed by atoms with Crippen molar-refractivity contribution in [3.8, 4) is 12.3 Å². The van der Waals surface area contributed by atoms with Gasteiger partial charge in [-0.3, -0.25) is 0 Å².